The second-order valence-corrected chi connectivity index (χ2v) is 9.28. The molecular weight excluding hydrogens is 308 g/mol. The highest BCUT2D eigenvalue weighted by Gasteiger charge is 2.23. The van der Waals surface area contributed by atoms with Crippen LogP contribution < -0.4 is 10.6 Å². The number of rotatable bonds is 5. The first-order valence-corrected chi connectivity index (χ1v) is 10.1. The van der Waals surface area contributed by atoms with Crippen molar-refractivity contribution >= 4 is 27.7 Å². The van der Waals surface area contributed by atoms with Crippen LogP contribution in [0.2, 0.25) is 0 Å². The maximum absolute atomic E-state index is 12.2. The molecule has 0 aliphatic carbocycles. The predicted molar refractivity (Wildman–Crippen MR) is 91.6 cm³/mol. The first kappa shape index (κ1) is 18.6. The van der Waals surface area contributed by atoms with Gasteiger partial charge in [-0.25, -0.2) is 12.7 Å². The van der Waals surface area contributed by atoms with Crippen LogP contribution in [0.25, 0.3) is 0 Å². The molecule has 124 valence electrons. The lowest BCUT2D eigenvalue weighted by Crippen LogP contribution is -2.48. The maximum atomic E-state index is 12.2. The van der Waals surface area contributed by atoms with E-state index in [1.165, 1.54) is 0 Å². The summed E-state index contributed by atoms with van der Waals surface area (Å²) in [6, 6.07) is 0. The van der Waals surface area contributed by atoms with Crippen molar-refractivity contribution in [2.75, 3.05) is 43.4 Å². The Morgan fingerprint density at radius 2 is 1.90 bits per heavy atom. The van der Waals surface area contributed by atoms with E-state index in [0.717, 1.165) is 18.1 Å². The lowest BCUT2D eigenvalue weighted by atomic mass is 10.1. The fourth-order valence-electron chi connectivity index (χ4n) is 1.89. The van der Waals surface area contributed by atoms with Gasteiger partial charge in [0.25, 0.3) is 0 Å². The summed E-state index contributed by atoms with van der Waals surface area (Å²) in [6.45, 7) is 10.4. The molecule has 0 aromatic heterocycles. The summed E-state index contributed by atoms with van der Waals surface area (Å²) in [4.78, 5) is 4.36. The van der Waals surface area contributed by atoms with E-state index in [1.54, 1.807) is 16.1 Å². The third kappa shape index (κ3) is 7.37. The molecule has 0 atom stereocenters. The summed E-state index contributed by atoms with van der Waals surface area (Å²) in [5.74, 6) is 2.50. The van der Waals surface area contributed by atoms with Crippen molar-refractivity contribution in [1.82, 2.24) is 14.9 Å². The van der Waals surface area contributed by atoms with Gasteiger partial charge in [-0.15, -0.1) is 0 Å². The molecule has 1 saturated heterocycles. The van der Waals surface area contributed by atoms with Gasteiger partial charge in [-0.2, -0.15) is 11.8 Å². The normalized spacial score (nSPS) is 18.6. The Balaban J connectivity index is 2.56. The molecular formula is C13H28N4O2S2. The van der Waals surface area contributed by atoms with Gasteiger partial charge in [-0.05, 0) is 27.7 Å². The van der Waals surface area contributed by atoms with E-state index in [1.807, 2.05) is 27.7 Å². The zero-order valence-corrected chi connectivity index (χ0v) is 15.1. The lowest BCUT2D eigenvalue weighted by molar-refractivity contribution is 0.443. The van der Waals surface area contributed by atoms with E-state index >= 15 is 0 Å². The molecule has 1 heterocycles. The van der Waals surface area contributed by atoms with Crippen molar-refractivity contribution < 1.29 is 8.42 Å². The Labute approximate surface area is 133 Å². The molecule has 0 radical (unpaired) electrons. The van der Waals surface area contributed by atoms with E-state index in [-0.39, 0.29) is 17.8 Å². The van der Waals surface area contributed by atoms with Gasteiger partial charge >= 0.3 is 0 Å². The molecule has 1 fully saturated rings. The van der Waals surface area contributed by atoms with Gasteiger partial charge in [0.1, 0.15) is 0 Å². The largest absolute Gasteiger partial charge is 0.357 e. The summed E-state index contributed by atoms with van der Waals surface area (Å²) < 4.78 is 26.0. The molecule has 0 spiro atoms. The number of hydrogen-bond donors (Lipinski definition) is 2. The Morgan fingerprint density at radius 1 is 1.29 bits per heavy atom. The highest BCUT2D eigenvalue weighted by molar-refractivity contribution is 7.99. The van der Waals surface area contributed by atoms with Crippen molar-refractivity contribution in [3.63, 3.8) is 0 Å². The van der Waals surface area contributed by atoms with E-state index in [0.29, 0.717) is 19.0 Å². The molecule has 8 heteroatoms. The number of nitrogens with zero attached hydrogens (tertiary/aromatic N) is 2. The summed E-state index contributed by atoms with van der Waals surface area (Å²) in [5.41, 5.74) is -0.107. The standard InChI is InChI=1S/C13H28N4O2S2/c1-5-14-12(16-13(2,3)4)15-6-11-21(18,19)17-7-9-20-10-8-17/h5-11H2,1-4H3,(H2,14,15,16). The van der Waals surface area contributed by atoms with Crippen molar-refractivity contribution in [2.45, 2.75) is 33.2 Å². The lowest BCUT2D eigenvalue weighted by Gasteiger charge is -2.26. The van der Waals surface area contributed by atoms with Crippen LogP contribution in [0.3, 0.4) is 0 Å². The Morgan fingerprint density at radius 3 is 2.43 bits per heavy atom. The molecule has 6 nitrogen and oxygen atoms in total. The summed E-state index contributed by atoms with van der Waals surface area (Å²) in [7, 11) is -3.18. The molecule has 1 aliphatic heterocycles. The average Bonchev–Trinajstić information content (AvgIpc) is 2.38. The van der Waals surface area contributed by atoms with Crippen molar-refractivity contribution in [3.8, 4) is 0 Å². The quantitative estimate of drug-likeness (QED) is 0.572. The fraction of sp³-hybridized carbons (Fsp3) is 0.923. The Kier molecular flexibility index (Phi) is 7.29. The van der Waals surface area contributed by atoms with Gasteiger partial charge in [0.05, 0.1) is 12.3 Å². The predicted octanol–water partition coefficient (Wildman–Crippen LogP) is 0.719. The van der Waals surface area contributed by atoms with E-state index in [2.05, 4.69) is 15.6 Å². The highest BCUT2D eigenvalue weighted by atomic mass is 32.2. The van der Waals surface area contributed by atoms with Gasteiger partial charge in [0, 0.05) is 36.7 Å². The van der Waals surface area contributed by atoms with Crippen LogP contribution in [0.4, 0.5) is 0 Å². The summed E-state index contributed by atoms with van der Waals surface area (Å²) in [6.07, 6.45) is 0. The van der Waals surface area contributed by atoms with Gasteiger partial charge in [-0.1, -0.05) is 0 Å². The molecule has 0 saturated carbocycles. The van der Waals surface area contributed by atoms with Crippen molar-refractivity contribution in [2.24, 2.45) is 4.99 Å². The van der Waals surface area contributed by atoms with Crippen LogP contribution in [0.15, 0.2) is 4.99 Å². The fourth-order valence-corrected chi connectivity index (χ4v) is 4.34. The number of sulfonamides is 1. The van der Waals surface area contributed by atoms with Crippen molar-refractivity contribution in [3.05, 3.63) is 0 Å². The van der Waals surface area contributed by atoms with Crippen molar-refractivity contribution in [1.29, 1.82) is 0 Å². The number of thioether (sulfide) groups is 1. The molecule has 0 aromatic carbocycles. The third-order valence-corrected chi connectivity index (χ3v) is 5.61. The van der Waals surface area contributed by atoms with Gasteiger partial charge < -0.3 is 10.6 Å². The summed E-state index contributed by atoms with van der Waals surface area (Å²) >= 11 is 1.80. The Bertz CT molecular complexity index is 438. The molecule has 0 bridgehead atoms. The number of nitrogens with one attached hydrogen (secondary N) is 2. The molecule has 2 N–H and O–H groups in total. The molecule has 21 heavy (non-hydrogen) atoms. The van der Waals surface area contributed by atoms with Crippen LogP contribution >= 0.6 is 11.8 Å². The third-order valence-electron chi connectivity index (χ3n) is 2.82. The minimum atomic E-state index is -3.18. The van der Waals surface area contributed by atoms with Crippen LogP contribution in [0.5, 0.6) is 0 Å². The molecule has 0 unspecified atom stereocenters. The van der Waals surface area contributed by atoms with Crippen LogP contribution in [-0.4, -0.2) is 67.7 Å². The average molecular weight is 337 g/mol. The summed E-state index contributed by atoms with van der Waals surface area (Å²) in [5, 5.41) is 6.38. The van der Waals surface area contributed by atoms with Crippen LogP contribution in [0, 0.1) is 0 Å². The van der Waals surface area contributed by atoms with Gasteiger partial charge in [0.2, 0.25) is 10.0 Å². The molecule has 0 aromatic rings. The highest BCUT2D eigenvalue weighted by Crippen LogP contribution is 2.13. The van der Waals surface area contributed by atoms with Crippen LogP contribution in [0.1, 0.15) is 27.7 Å². The smallest absolute Gasteiger partial charge is 0.215 e. The number of guanidine groups is 1. The molecule has 1 rings (SSSR count). The number of aliphatic imine (C=N–C) groups is 1. The molecule has 0 amide bonds. The maximum Gasteiger partial charge on any atom is 0.215 e. The van der Waals surface area contributed by atoms with Crippen LogP contribution in [-0.2, 0) is 10.0 Å². The second kappa shape index (κ2) is 8.24. The number of hydrogen-bond acceptors (Lipinski definition) is 4. The first-order chi connectivity index (χ1) is 9.74. The topological polar surface area (TPSA) is 73.8 Å². The minimum absolute atomic E-state index is 0.0678. The van der Waals surface area contributed by atoms with Gasteiger partial charge in [0.15, 0.2) is 5.96 Å². The Hall–Kier alpha value is -0.470. The van der Waals surface area contributed by atoms with E-state index < -0.39 is 10.0 Å². The van der Waals surface area contributed by atoms with E-state index in [4.69, 9.17) is 0 Å². The monoisotopic (exact) mass is 336 g/mol. The second-order valence-electron chi connectivity index (χ2n) is 5.96. The minimum Gasteiger partial charge on any atom is -0.357 e. The molecule has 1 aliphatic rings. The van der Waals surface area contributed by atoms with E-state index in [9.17, 15) is 8.42 Å². The van der Waals surface area contributed by atoms with Gasteiger partial charge in [-0.3, -0.25) is 4.99 Å². The SMILES string of the molecule is CCNC(=NCCS(=O)(=O)N1CCSCC1)NC(C)(C)C. The zero-order valence-electron chi connectivity index (χ0n) is 13.5. The zero-order chi connectivity index (χ0) is 15.9. The first-order valence-electron chi connectivity index (χ1n) is 7.36.